The van der Waals surface area contributed by atoms with Crippen molar-refractivity contribution in [3.8, 4) is 0 Å². The summed E-state index contributed by atoms with van der Waals surface area (Å²) in [6, 6.07) is -0.361. The topological polar surface area (TPSA) is 109 Å². The third-order valence-corrected chi connectivity index (χ3v) is 5.99. The number of carbonyl (C=O) groups is 3. The molecule has 0 radical (unpaired) electrons. The van der Waals surface area contributed by atoms with E-state index >= 15 is 0 Å². The van der Waals surface area contributed by atoms with Gasteiger partial charge in [0.1, 0.15) is 5.54 Å². The second kappa shape index (κ2) is 6.94. The third kappa shape index (κ3) is 3.30. The number of likely N-dealkylation sites (tertiary alicyclic amines) is 1. The number of hydrogen-bond donors (Lipinski definition) is 1. The molecule has 1 aliphatic carbocycles. The number of rotatable bonds is 4. The molecule has 3 fully saturated rings. The minimum atomic E-state index is -0.708. The Hall–Kier alpha value is -2.45. The Bertz CT molecular complexity index is 747. The number of urea groups is 1. The monoisotopic (exact) mass is 375 g/mol. The lowest BCUT2D eigenvalue weighted by atomic mass is 9.96. The fraction of sp³-hybridized carbons (Fsp3) is 0.722. The maximum atomic E-state index is 12.6. The molecule has 1 aromatic heterocycles. The van der Waals surface area contributed by atoms with Crippen LogP contribution in [0.4, 0.5) is 4.79 Å². The van der Waals surface area contributed by atoms with Gasteiger partial charge in [0.2, 0.25) is 11.8 Å². The van der Waals surface area contributed by atoms with Crippen LogP contribution >= 0.6 is 0 Å². The van der Waals surface area contributed by atoms with Gasteiger partial charge in [-0.15, -0.1) is 0 Å². The van der Waals surface area contributed by atoms with Crippen molar-refractivity contribution < 1.29 is 18.9 Å². The van der Waals surface area contributed by atoms with E-state index in [4.69, 9.17) is 4.52 Å². The first-order valence-electron chi connectivity index (χ1n) is 9.71. The van der Waals surface area contributed by atoms with Crippen molar-refractivity contribution in [2.24, 2.45) is 0 Å². The second-order valence-electron chi connectivity index (χ2n) is 7.76. The number of aromatic nitrogens is 2. The highest BCUT2D eigenvalue weighted by Gasteiger charge is 2.52. The predicted molar refractivity (Wildman–Crippen MR) is 93.7 cm³/mol. The molecule has 4 amide bonds. The van der Waals surface area contributed by atoms with Gasteiger partial charge in [-0.2, -0.15) is 4.98 Å². The SMILES string of the molecule is Cc1noc(C2CCN(C(=O)CCN3C(=O)NC4(CCCC4)C3=O)CC2)n1. The number of hydrogen-bond acceptors (Lipinski definition) is 6. The van der Waals surface area contributed by atoms with Gasteiger partial charge in [0.05, 0.1) is 0 Å². The van der Waals surface area contributed by atoms with E-state index < -0.39 is 5.54 Å². The van der Waals surface area contributed by atoms with E-state index in [-0.39, 0.29) is 36.7 Å². The molecule has 27 heavy (non-hydrogen) atoms. The molecule has 0 atom stereocenters. The van der Waals surface area contributed by atoms with Crippen LogP contribution in [-0.4, -0.2) is 63.0 Å². The zero-order valence-corrected chi connectivity index (χ0v) is 15.6. The molecule has 0 unspecified atom stereocenters. The van der Waals surface area contributed by atoms with Gasteiger partial charge in [0.15, 0.2) is 5.82 Å². The van der Waals surface area contributed by atoms with E-state index in [1.54, 1.807) is 11.8 Å². The minimum Gasteiger partial charge on any atom is -0.343 e. The van der Waals surface area contributed by atoms with E-state index in [2.05, 4.69) is 15.5 Å². The second-order valence-corrected chi connectivity index (χ2v) is 7.76. The molecule has 1 aromatic rings. The number of piperidine rings is 1. The van der Waals surface area contributed by atoms with Gasteiger partial charge in [-0.05, 0) is 32.6 Å². The van der Waals surface area contributed by atoms with Crippen LogP contribution in [0.3, 0.4) is 0 Å². The Morgan fingerprint density at radius 1 is 1.26 bits per heavy atom. The Balaban J connectivity index is 1.28. The highest BCUT2D eigenvalue weighted by Crippen LogP contribution is 2.35. The van der Waals surface area contributed by atoms with Gasteiger partial charge in [-0.1, -0.05) is 18.0 Å². The molecular formula is C18H25N5O4. The summed E-state index contributed by atoms with van der Waals surface area (Å²) in [6.45, 7) is 3.18. The van der Waals surface area contributed by atoms with Gasteiger partial charge in [0, 0.05) is 32.0 Å². The Morgan fingerprint density at radius 3 is 2.59 bits per heavy atom. The first-order valence-corrected chi connectivity index (χ1v) is 9.71. The predicted octanol–water partition coefficient (Wildman–Crippen LogP) is 1.34. The van der Waals surface area contributed by atoms with Crippen LogP contribution in [0.25, 0.3) is 0 Å². The fourth-order valence-corrected chi connectivity index (χ4v) is 4.42. The van der Waals surface area contributed by atoms with E-state index in [1.165, 1.54) is 4.90 Å². The van der Waals surface area contributed by atoms with Crippen LogP contribution in [-0.2, 0) is 9.59 Å². The summed E-state index contributed by atoms with van der Waals surface area (Å²) in [5.74, 6) is 1.26. The maximum absolute atomic E-state index is 12.6. The largest absolute Gasteiger partial charge is 0.343 e. The Morgan fingerprint density at radius 2 is 1.96 bits per heavy atom. The van der Waals surface area contributed by atoms with Gasteiger partial charge in [-0.3, -0.25) is 14.5 Å². The molecule has 0 aromatic carbocycles. The van der Waals surface area contributed by atoms with Crippen molar-refractivity contribution in [1.29, 1.82) is 0 Å². The van der Waals surface area contributed by atoms with Crippen LogP contribution in [0.5, 0.6) is 0 Å². The molecule has 146 valence electrons. The van der Waals surface area contributed by atoms with Crippen LogP contribution in [0, 0.1) is 6.92 Å². The zero-order chi connectivity index (χ0) is 19.0. The lowest BCUT2D eigenvalue weighted by molar-refractivity contribution is -0.134. The average molecular weight is 375 g/mol. The molecule has 3 heterocycles. The molecule has 2 saturated heterocycles. The lowest BCUT2D eigenvalue weighted by Gasteiger charge is -2.30. The van der Waals surface area contributed by atoms with E-state index in [0.717, 1.165) is 25.7 Å². The van der Waals surface area contributed by atoms with Crippen molar-refractivity contribution in [2.75, 3.05) is 19.6 Å². The van der Waals surface area contributed by atoms with Crippen molar-refractivity contribution in [3.05, 3.63) is 11.7 Å². The summed E-state index contributed by atoms with van der Waals surface area (Å²) in [5, 5.41) is 6.67. The molecule has 1 N–H and O–H groups in total. The number of nitrogens with zero attached hydrogens (tertiary/aromatic N) is 4. The molecule has 9 nitrogen and oxygen atoms in total. The first-order chi connectivity index (χ1) is 13.0. The van der Waals surface area contributed by atoms with E-state index in [9.17, 15) is 14.4 Å². The fourth-order valence-electron chi connectivity index (χ4n) is 4.42. The number of amides is 4. The molecule has 0 bridgehead atoms. The molecular weight excluding hydrogens is 350 g/mol. The quantitative estimate of drug-likeness (QED) is 0.796. The van der Waals surface area contributed by atoms with E-state index in [0.29, 0.717) is 37.6 Å². The summed E-state index contributed by atoms with van der Waals surface area (Å²) in [7, 11) is 0. The van der Waals surface area contributed by atoms with Gasteiger partial charge < -0.3 is 14.7 Å². The average Bonchev–Trinajstić information content (AvgIpc) is 3.36. The van der Waals surface area contributed by atoms with Crippen molar-refractivity contribution in [2.45, 2.75) is 63.3 Å². The lowest BCUT2D eigenvalue weighted by Crippen LogP contribution is -2.44. The molecule has 9 heteroatoms. The van der Waals surface area contributed by atoms with Gasteiger partial charge in [-0.25, -0.2) is 4.79 Å². The third-order valence-electron chi connectivity index (χ3n) is 5.99. The van der Waals surface area contributed by atoms with Gasteiger partial charge >= 0.3 is 6.03 Å². The molecule has 1 spiro atoms. The van der Waals surface area contributed by atoms with Crippen LogP contribution < -0.4 is 5.32 Å². The molecule has 4 rings (SSSR count). The highest BCUT2D eigenvalue weighted by molar-refractivity contribution is 6.07. The van der Waals surface area contributed by atoms with Crippen LogP contribution in [0.15, 0.2) is 4.52 Å². The van der Waals surface area contributed by atoms with Crippen molar-refractivity contribution in [1.82, 2.24) is 25.3 Å². The number of carbonyl (C=O) groups excluding carboxylic acids is 3. The summed E-state index contributed by atoms with van der Waals surface area (Å²) in [5.41, 5.74) is -0.708. The Kier molecular flexibility index (Phi) is 4.61. The van der Waals surface area contributed by atoms with Crippen molar-refractivity contribution in [3.63, 3.8) is 0 Å². The first kappa shape index (κ1) is 17.9. The minimum absolute atomic E-state index is 0.0249. The number of aryl methyl sites for hydroxylation is 1. The summed E-state index contributed by atoms with van der Waals surface area (Å²) >= 11 is 0. The van der Waals surface area contributed by atoms with Gasteiger partial charge in [0.25, 0.3) is 5.91 Å². The van der Waals surface area contributed by atoms with Crippen molar-refractivity contribution >= 4 is 17.8 Å². The molecule has 2 aliphatic heterocycles. The normalized spacial score (nSPS) is 22.7. The standard InChI is InChI=1S/C18H25N5O4/c1-12-19-15(27-21-12)13-4-9-22(10-5-13)14(24)6-11-23-16(25)18(20-17(23)26)7-2-3-8-18/h13H,2-11H2,1H3,(H,20,26). The summed E-state index contributed by atoms with van der Waals surface area (Å²) < 4.78 is 5.23. The molecule has 3 aliphatic rings. The van der Waals surface area contributed by atoms with Crippen LogP contribution in [0.1, 0.15) is 62.6 Å². The van der Waals surface area contributed by atoms with E-state index in [1.807, 2.05) is 0 Å². The summed E-state index contributed by atoms with van der Waals surface area (Å²) in [6.07, 6.45) is 5.02. The highest BCUT2D eigenvalue weighted by atomic mass is 16.5. The zero-order valence-electron chi connectivity index (χ0n) is 15.6. The number of nitrogens with one attached hydrogen (secondary N) is 1. The Labute approximate surface area is 157 Å². The molecule has 1 saturated carbocycles. The smallest absolute Gasteiger partial charge is 0.325 e. The number of imide groups is 1. The maximum Gasteiger partial charge on any atom is 0.325 e. The summed E-state index contributed by atoms with van der Waals surface area (Å²) in [4.78, 5) is 44.6. The van der Waals surface area contributed by atoms with Crippen LogP contribution in [0.2, 0.25) is 0 Å².